The summed E-state index contributed by atoms with van der Waals surface area (Å²) in [6.07, 6.45) is 7.97. The molecule has 9 nitrogen and oxygen atoms in total. The number of hydrogen-bond acceptors (Lipinski definition) is 7. The predicted octanol–water partition coefficient (Wildman–Crippen LogP) is 7.51. The summed E-state index contributed by atoms with van der Waals surface area (Å²) in [5.41, 5.74) is 7.51. The number of methoxy groups -OCH3 is 1. The number of ether oxygens (including phenoxy) is 3. The van der Waals surface area contributed by atoms with Gasteiger partial charge in [0.15, 0.2) is 23.1 Å². The van der Waals surface area contributed by atoms with Gasteiger partial charge >= 0.3 is 6.03 Å². The number of hydrogen-bond donors (Lipinski definition) is 2. The number of likely N-dealkylation sites (tertiary alicyclic amines) is 1. The normalized spacial score (nSPS) is 13.6. The highest BCUT2D eigenvalue weighted by molar-refractivity contribution is 5.91. The first kappa shape index (κ1) is 31.7. The summed E-state index contributed by atoms with van der Waals surface area (Å²) in [5.74, 6) is 0.895. The van der Waals surface area contributed by atoms with Gasteiger partial charge in [0.25, 0.3) is 0 Å². The van der Waals surface area contributed by atoms with Gasteiger partial charge < -0.3 is 24.4 Å². The first-order valence-corrected chi connectivity index (χ1v) is 15.3. The lowest BCUT2D eigenvalue weighted by Gasteiger charge is -2.26. The molecule has 0 aliphatic carbocycles. The van der Waals surface area contributed by atoms with E-state index in [2.05, 4.69) is 37.9 Å². The summed E-state index contributed by atoms with van der Waals surface area (Å²) in [4.78, 5) is 19.3. The van der Waals surface area contributed by atoms with Gasteiger partial charge in [0.05, 0.1) is 25.4 Å². The van der Waals surface area contributed by atoms with Crippen LogP contribution < -0.4 is 25.0 Å². The molecule has 1 aliphatic rings. The number of nitrogens with one attached hydrogen (secondary N) is 2. The molecule has 0 bridgehead atoms. The van der Waals surface area contributed by atoms with Crippen molar-refractivity contribution >= 4 is 28.8 Å². The number of piperidine rings is 1. The van der Waals surface area contributed by atoms with E-state index in [4.69, 9.17) is 14.2 Å². The van der Waals surface area contributed by atoms with Crippen LogP contribution in [0.25, 0.3) is 10.9 Å². The van der Waals surface area contributed by atoms with E-state index in [1.54, 1.807) is 37.7 Å². The summed E-state index contributed by atoms with van der Waals surface area (Å²) >= 11 is 0. The van der Waals surface area contributed by atoms with Gasteiger partial charge in [-0.1, -0.05) is 24.1 Å². The van der Waals surface area contributed by atoms with Crippen molar-refractivity contribution in [2.75, 3.05) is 38.7 Å². The standard InChI is InChI=1S/C35H40FN5O4/c1-23-17-24(2)28(25(3)18-23)22-38-40-35(42)39-26-9-10-32(29(36)19-26)45-31-11-12-37-30-21-34(33(43-4)20-27(30)31)44-16-8-15-41-13-6-5-7-14-41/h9-12,17-22H,5-8,13-16H2,1-4H3,(H2,39,40,42)/b38-22+. The molecule has 2 heterocycles. The molecule has 1 saturated heterocycles. The molecule has 4 aromatic rings. The number of amides is 2. The van der Waals surface area contributed by atoms with E-state index in [0.717, 1.165) is 48.3 Å². The highest BCUT2D eigenvalue weighted by Crippen LogP contribution is 2.38. The zero-order chi connectivity index (χ0) is 31.8. The van der Waals surface area contributed by atoms with E-state index in [9.17, 15) is 4.79 Å². The van der Waals surface area contributed by atoms with Gasteiger partial charge in [0.2, 0.25) is 0 Å². The first-order chi connectivity index (χ1) is 21.8. The molecule has 1 fully saturated rings. The Labute approximate surface area is 263 Å². The van der Waals surface area contributed by atoms with Crippen molar-refractivity contribution in [2.45, 2.75) is 46.5 Å². The van der Waals surface area contributed by atoms with Crippen LogP contribution in [0.4, 0.5) is 14.9 Å². The largest absolute Gasteiger partial charge is 0.493 e. The Kier molecular flexibility index (Phi) is 10.5. The third kappa shape index (κ3) is 8.27. The monoisotopic (exact) mass is 613 g/mol. The van der Waals surface area contributed by atoms with E-state index in [1.807, 2.05) is 26.8 Å². The molecule has 2 amide bonds. The lowest BCUT2D eigenvalue weighted by Crippen LogP contribution is -2.31. The number of halogens is 1. The van der Waals surface area contributed by atoms with Crippen LogP contribution in [0.1, 0.15) is 47.9 Å². The van der Waals surface area contributed by atoms with Crippen molar-refractivity contribution in [3.05, 3.63) is 82.8 Å². The third-order valence-electron chi connectivity index (χ3n) is 7.82. The molecule has 5 rings (SSSR count). The van der Waals surface area contributed by atoms with Gasteiger partial charge in [-0.05, 0) is 88.5 Å². The Balaban J connectivity index is 1.21. The van der Waals surface area contributed by atoms with E-state index in [1.165, 1.54) is 31.4 Å². The summed E-state index contributed by atoms with van der Waals surface area (Å²) in [6, 6.07) is 13.0. The maximum atomic E-state index is 15.1. The van der Waals surface area contributed by atoms with Gasteiger partial charge in [0, 0.05) is 41.5 Å². The second-order valence-corrected chi connectivity index (χ2v) is 11.3. The van der Waals surface area contributed by atoms with Crippen LogP contribution >= 0.6 is 0 Å². The minimum absolute atomic E-state index is 0.00573. The number of fused-ring (bicyclic) bond motifs is 1. The highest BCUT2D eigenvalue weighted by Gasteiger charge is 2.15. The van der Waals surface area contributed by atoms with Crippen molar-refractivity contribution in [1.29, 1.82) is 0 Å². The second kappa shape index (κ2) is 14.9. The molecule has 236 valence electrons. The van der Waals surface area contributed by atoms with E-state index < -0.39 is 11.8 Å². The molecule has 2 N–H and O–H groups in total. The fraction of sp³-hybridized carbons (Fsp3) is 0.343. The SMILES string of the molecule is COc1cc2c(Oc3ccc(NC(=O)N/N=C/c4c(C)cc(C)cc4C)cc3F)ccnc2cc1OCCCN1CCCCC1. The van der Waals surface area contributed by atoms with Crippen LogP contribution in [0, 0.1) is 26.6 Å². The molecule has 0 saturated carbocycles. The molecule has 0 radical (unpaired) electrons. The highest BCUT2D eigenvalue weighted by atomic mass is 19.1. The summed E-state index contributed by atoms with van der Waals surface area (Å²) in [5, 5.41) is 7.27. The minimum atomic E-state index is -0.646. The quantitative estimate of drug-likeness (QED) is 0.103. The van der Waals surface area contributed by atoms with E-state index in [-0.39, 0.29) is 11.4 Å². The summed E-state index contributed by atoms with van der Waals surface area (Å²) < 4.78 is 32.7. The number of nitrogens with zero attached hydrogens (tertiary/aromatic N) is 3. The number of carbonyl (C=O) groups excluding carboxylic acids is 1. The maximum absolute atomic E-state index is 15.1. The number of hydrazone groups is 1. The van der Waals surface area contributed by atoms with E-state index in [0.29, 0.717) is 34.8 Å². The predicted molar refractivity (Wildman–Crippen MR) is 176 cm³/mol. The number of carbonyl (C=O) groups is 1. The smallest absolute Gasteiger partial charge is 0.339 e. The van der Waals surface area contributed by atoms with Crippen molar-refractivity contribution < 1.29 is 23.4 Å². The van der Waals surface area contributed by atoms with Gasteiger partial charge in [-0.15, -0.1) is 0 Å². The number of anilines is 1. The Hall–Kier alpha value is -4.70. The average Bonchev–Trinajstić information content (AvgIpc) is 3.02. The van der Waals surface area contributed by atoms with Crippen LogP contribution in [0.2, 0.25) is 0 Å². The topological polar surface area (TPSA) is 97.3 Å². The molecule has 1 aromatic heterocycles. The van der Waals surface area contributed by atoms with Crippen molar-refractivity contribution in [3.8, 4) is 23.0 Å². The first-order valence-electron chi connectivity index (χ1n) is 15.3. The molecule has 0 spiro atoms. The average molecular weight is 614 g/mol. The van der Waals surface area contributed by atoms with Gasteiger partial charge in [-0.25, -0.2) is 14.6 Å². The number of aryl methyl sites for hydroxylation is 3. The zero-order valence-corrected chi connectivity index (χ0v) is 26.3. The Morgan fingerprint density at radius 3 is 2.49 bits per heavy atom. The fourth-order valence-electron chi connectivity index (χ4n) is 5.63. The lowest BCUT2D eigenvalue weighted by atomic mass is 10.0. The molecule has 45 heavy (non-hydrogen) atoms. The van der Waals surface area contributed by atoms with E-state index >= 15 is 4.39 Å². The molecule has 1 aliphatic heterocycles. The number of pyridine rings is 1. The number of aromatic nitrogens is 1. The minimum Gasteiger partial charge on any atom is -0.493 e. The van der Waals surface area contributed by atoms with Crippen LogP contribution in [0.5, 0.6) is 23.0 Å². The Bertz CT molecular complexity index is 1660. The van der Waals surface area contributed by atoms with Crippen LogP contribution in [0.15, 0.2) is 59.8 Å². The van der Waals surface area contributed by atoms with Crippen molar-refractivity contribution in [1.82, 2.24) is 15.3 Å². The molecule has 3 aromatic carbocycles. The summed E-state index contributed by atoms with van der Waals surface area (Å²) in [6.45, 7) is 9.90. The number of urea groups is 1. The number of benzene rings is 3. The maximum Gasteiger partial charge on any atom is 0.339 e. The molecular formula is C35H40FN5O4. The number of rotatable bonds is 11. The summed E-state index contributed by atoms with van der Waals surface area (Å²) in [7, 11) is 1.58. The zero-order valence-electron chi connectivity index (χ0n) is 26.3. The molecule has 0 unspecified atom stereocenters. The van der Waals surface area contributed by atoms with Crippen LogP contribution in [-0.2, 0) is 0 Å². The molecular weight excluding hydrogens is 573 g/mol. The molecule has 10 heteroatoms. The van der Waals surface area contributed by atoms with Crippen LogP contribution in [0.3, 0.4) is 0 Å². The second-order valence-electron chi connectivity index (χ2n) is 11.3. The Morgan fingerprint density at radius 2 is 1.76 bits per heavy atom. The van der Waals surface area contributed by atoms with Crippen LogP contribution in [-0.4, -0.2) is 55.5 Å². The molecule has 0 atom stereocenters. The van der Waals surface area contributed by atoms with Gasteiger partial charge in [-0.2, -0.15) is 5.10 Å². The third-order valence-corrected chi connectivity index (χ3v) is 7.82. The van der Waals surface area contributed by atoms with Gasteiger partial charge in [-0.3, -0.25) is 4.98 Å². The fourth-order valence-corrected chi connectivity index (χ4v) is 5.63. The van der Waals surface area contributed by atoms with Crippen molar-refractivity contribution in [3.63, 3.8) is 0 Å². The Morgan fingerprint density at radius 1 is 0.978 bits per heavy atom. The lowest BCUT2D eigenvalue weighted by molar-refractivity contribution is 0.203. The van der Waals surface area contributed by atoms with Gasteiger partial charge in [0.1, 0.15) is 5.75 Å². The van der Waals surface area contributed by atoms with Crippen molar-refractivity contribution in [2.24, 2.45) is 5.10 Å².